The van der Waals surface area contributed by atoms with Crippen molar-refractivity contribution in [2.24, 2.45) is 0 Å². The summed E-state index contributed by atoms with van der Waals surface area (Å²) in [4.78, 5) is 21.7. The third kappa shape index (κ3) is 1.99. The fourth-order valence-electron chi connectivity index (χ4n) is 0.861. The highest BCUT2D eigenvalue weighted by molar-refractivity contribution is 8.18. The molecule has 1 fully saturated rings. The van der Waals surface area contributed by atoms with Crippen LogP contribution in [0.2, 0.25) is 0 Å². The number of thioether (sulfide) groups is 1. The lowest BCUT2D eigenvalue weighted by atomic mass is 10.2. The Hall–Kier alpha value is -0.0700. The average Bonchev–Trinajstić information content (AvgIpc) is 1.92. The van der Waals surface area contributed by atoms with Gasteiger partial charge in [-0.3, -0.25) is 9.59 Å². The first-order valence-corrected chi connectivity index (χ1v) is 6.43. The number of carbonyl (C=O) groups excluding carboxylic acids is 2. The minimum atomic E-state index is -3.92. The second kappa shape index (κ2) is 3.35. The van der Waals surface area contributed by atoms with Crippen molar-refractivity contribution in [1.82, 2.24) is 0 Å². The highest BCUT2D eigenvalue weighted by atomic mass is 35.7. The number of hydrogen-bond acceptors (Lipinski definition) is 5. The first-order valence-electron chi connectivity index (χ1n) is 3.07. The van der Waals surface area contributed by atoms with Gasteiger partial charge < -0.3 is 0 Å². The first-order chi connectivity index (χ1) is 5.43. The van der Waals surface area contributed by atoms with Crippen molar-refractivity contribution in [3.8, 4) is 0 Å². The molecule has 0 aromatic carbocycles. The zero-order valence-electron chi connectivity index (χ0n) is 5.82. The van der Waals surface area contributed by atoms with Crippen molar-refractivity contribution in [1.29, 1.82) is 0 Å². The van der Waals surface area contributed by atoms with E-state index < -0.39 is 25.2 Å². The van der Waals surface area contributed by atoms with Crippen LogP contribution in [0, 0.1) is 0 Å². The maximum atomic E-state index is 10.9. The Morgan fingerprint density at radius 3 is 2.42 bits per heavy atom. The Labute approximate surface area is 78.1 Å². The van der Waals surface area contributed by atoms with Crippen LogP contribution in [0.15, 0.2) is 0 Å². The summed E-state index contributed by atoms with van der Waals surface area (Å²) in [5.74, 6) is -0.567. The van der Waals surface area contributed by atoms with Crippen LogP contribution in [-0.2, 0) is 18.6 Å². The molecule has 0 spiro atoms. The molecule has 1 unspecified atom stereocenters. The number of ketones is 1. The van der Waals surface area contributed by atoms with Crippen LogP contribution in [0.3, 0.4) is 0 Å². The van der Waals surface area contributed by atoms with Crippen molar-refractivity contribution in [2.75, 3.05) is 5.75 Å². The summed E-state index contributed by atoms with van der Waals surface area (Å²) in [6.45, 7) is 0. The van der Waals surface area contributed by atoms with Gasteiger partial charge in [0.05, 0.1) is 0 Å². The van der Waals surface area contributed by atoms with Gasteiger partial charge in [-0.1, -0.05) is 11.8 Å². The van der Waals surface area contributed by atoms with Crippen LogP contribution in [0.25, 0.3) is 0 Å². The van der Waals surface area contributed by atoms with Crippen LogP contribution in [0.1, 0.15) is 6.42 Å². The van der Waals surface area contributed by atoms with Crippen LogP contribution in [0.4, 0.5) is 0 Å². The van der Waals surface area contributed by atoms with Crippen molar-refractivity contribution < 1.29 is 18.0 Å². The minimum Gasteiger partial charge on any atom is -0.288 e. The molecule has 0 N–H and O–H groups in total. The summed E-state index contributed by atoms with van der Waals surface area (Å²) in [7, 11) is 1.04. The van der Waals surface area contributed by atoms with Gasteiger partial charge in [0.1, 0.15) is 5.25 Å². The number of carbonyl (C=O) groups is 2. The Morgan fingerprint density at radius 1 is 1.42 bits per heavy atom. The van der Waals surface area contributed by atoms with Crippen LogP contribution >= 0.6 is 22.4 Å². The van der Waals surface area contributed by atoms with Gasteiger partial charge in [0.15, 0.2) is 0 Å². The fraction of sp³-hybridized carbons (Fsp3) is 0.600. The maximum Gasteiger partial charge on any atom is 0.256 e. The lowest BCUT2D eigenvalue weighted by Gasteiger charge is -2.14. The summed E-state index contributed by atoms with van der Waals surface area (Å²) in [5, 5.41) is -2.04. The average molecular weight is 229 g/mol. The normalized spacial score (nSPS) is 25.9. The van der Waals surface area contributed by atoms with Crippen molar-refractivity contribution in [3.63, 3.8) is 0 Å². The zero-order valence-corrected chi connectivity index (χ0v) is 8.21. The molecule has 0 amide bonds. The summed E-state index contributed by atoms with van der Waals surface area (Å²) < 4.78 is 21.5. The quantitative estimate of drug-likeness (QED) is 0.472. The topological polar surface area (TPSA) is 68.3 Å². The second-order valence-corrected chi connectivity index (χ2v) is 6.13. The second-order valence-electron chi connectivity index (χ2n) is 2.25. The molecule has 1 saturated heterocycles. The number of rotatable bonds is 1. The smallest absolute Gasteiger partial charge is 0.256 e. The van der Waals surface area contributed by atoms with Crippen molar-refractivity contribution in [3.05, 3.63) is 0 Å². The van der Waals surface area contributed by atoms with E-state index in [2.05, 4.69) is 0 Å². The van der Waals surface area contributed by atoms with Gasteiger partial charge in [-0.05, 0) is 6.42 Å². The molecule has 0 aliphatic carbocycles. The molecule has 1 heterocycles. The van der Waals surface area contributed by atoms with E-state index in [1.807, 2.05) is 0 Å². The van der Waals surface area contributed by atoms with Gasteiger partial charge in [-0.15, -0.1) is 0 Å². The summed E-state index contributed by atoms with van der Waals surface area (Å²) in [5.41, 5.74) is 0. The molecular formula is C5H5ClO4S2. The molecule has 68 valence electrons. The molecule has 7 heteroatoms. The monoisotopic (exact) mass is 228 g/mol. The SMILES string of the molecule is O=C1SCCC(S(=O)(=O)Cl)C1=O. The zero-order chi connectivity index (χ0) is 9.35. The molecule has 1 rings (SSSR count). The molecular weight excluding hydrogens is 224 g/mol. The third-order valence-electron chi connectivity index (χ3n) is 1.45. The Balaban J connectivity index is 2.93. The summed E-state index contributed by atoms with van der Waals surface area (Å²) >= 11 is 0.835. The molecule has 0 aromatic rings. The maximum absolute atomic E-state index is 10.9. The molecule has 1 aliphatic heterocycles. The molecule has 0 bridgehead atoms. The molecule has 12 heavy (non-hydrogen) atoms. The highest BCUT2D eigenvalue weighted by Gasteiger charge is 2.38. The first kappa shape index (κ1) is 10.0. The van der Waals surface area contributed by atoms with E-state index in [9.17, 15) is 18.0 Å². The molecule has 0 aromatic heterocycles. The van der Waals surface area contributed by atoms with E-state index in [0.29, 0.717) is 5.75 Å². The van der Waals surface area contributed by atoms with Gasteiger partial charge >= 0.3 is 0 Å². The van der Waals surface area contributed by atoms with Gasteiger partial charge in [-0.25, -0.2) is 8.42 Å². The van der Waals surface area contributed by atoms with Crippen molar-refractivity contribution >= 4 is 42.4 Å². The van der Waals surface area contributed by atoms with Crippen LogP contribution in [-0.4, -0.2) is 30.3 Å². The van der Waals surface area contributed by atoms with Crippen molar-refractivity contribution in [2.45, 2.75) is 11.7 Å². The highest BCUT2D eigenvalue weighted by Crippen LogP contribution is 2.23. The molecule has 1 atom stereocenters. The lowest BCUT2D eigenvalue weighted by Crippen LogP contribution is -2.36. The Bertz CT molecular complexity index is 320. The standard InChI is InChI=1S/C5H5ClO4S2/c6-12(9,10)3-1-2-11-5(8)4(3)7/h3H,1-2H2. The van der Waals surface area contributed by atoms with Gasteiger partial charge in [-0.2, -0.15) is 0 Å². The number of halogens is 1. The molecule has 0 saturated carbocycles. The summed E-state index contributed by atoms with van der Waals surface area (Å²) in [6, 6.07) is 0. The largest absolute Gasteiger partial charge is 0.288 e. The number of hydrogen-bond donors (Lipinski definition) is 0. The van der Waals surface area contributed by atoms with Gasteiger partial charge in [0.2, 0.25) is 14.8 Å². The van der Waals surface area contributed by atoms with E-state index >= 15 is 0 Å². The Morgan fingerprint density at radius 2 is 2.00 bits per heavy atom. The van der Waals surface area contributed by atoms with E-state index in [0.717, 1.165) is 11.8 Å². The minimum absolute atomic E-state index is 0.126. The predicted molar refractivity (Wildman–Crippen MR) is 45.6 cm³/mol. The van der Waals surface area contributed by atoms with Crippen LogP contribution < -0.4 is 0 Å². The van der Waals surface area contributed by atoms with E-state index in [4.69, 9.17) is 10.7 Å². The summed E-state index contributed by atoms with van der Waals surface area (Å²) in [6.07, 6.45) is 0.126. The van der Waals surface area contributed by atoms with Gasteiger partial charge in [0.25, 0.3) is 5.12 Å². The third-order valence-corrected chi connectivity index (χ3v) is 4.12. The molecule has 4 nitrogen and oxygen atoms in total. The molecule has 0 radical (unpaired) electrons. The number of Topliss-reactive ketones (excluding diaryl/α,β-unsaturated/α-hetero) is 1. The van der Waals surface area contributed by atoms with E-state index in [1.54, 1.807) is 0 Å². The fourth-order valence-corrected chi connectivity index (χ4v) is 3.18. The van der Waals surface area contributed by atoms with Gasteiger partial charge in [0, 0.05) is 16.4 Å². The Kier molecular flexibility index (Phi) is 2.80. The van der Waals surface area contributed by atoms with E-state index in [-0.39, 0.29) is 6.42 Å². The van der Waals surface area contributed by atoms with E-state index in [1.165, 1.54) is 0 Å². The predicted octanol–water partition coefficient (Wildman–Crippen LogP) is 0.156. The van der Waals surface area contributed by atoms with Crippen LogP contribution in [0.5, 0.6) is 0 Å². The molecule has 1 aliphatic rings. The lowest BCUT2D eigenvalue weighted by molar-refractivity contribution is -0.131.